The maximum absolute atomic E-state index is 5.64. The lowest BCUT2D eigenvalue weighted by atomic mass is 10.3. The summed E-state index contributed by atoms with van der Waals surface area (Å²) < 4.78 is 11.3. The Balaban J connectivity index is 0.00000220. The van der Waals surface area contributed by atoms with Crippen molar-refractivity contribution in [2.24, 2.45) is 0 Å². The molecule has 0 atom stereocenters. The molecule has 0 aliphatic carbocycles. The number of halogens is 2. The molecule has 0 bridgehead atoms. The van der Waals surface area contributed by atoms with Gasteiger partial charge in [0, 0.05) is 24.3 Å². The Hall–Kier alpha value is -1.46. The number of benzene rings is 2. The zero-order valence-corrected chi connectivity index (χ0v) is 13.9. The monoisotopic (exact) mass is 344 g/mol. The summed E-state index contributed by atoms with van der Waals surface area (Å²) in [7, 11) is 0. The van der Waals surface area contributed by atoms with Crippen molar-refractivity contribution in [2.75, 3.05) is 13.2 Å². The molecule has 0 heterocycles. The van der Waals surface area contributed by atoms with E-state index in [4.69, 9.17) is 9.47 Å². The van der Waals surface area contributed by atoms with Crippen molar-refractivity contribution in [1.29, 1.82) is 0 Å². The first-order valence-electron chi connectivity index (χ1n) is 6.84. The van der Waals surface area contributed by atoms with E-state index in [0.29, 0.717) is 13.2 Å². The summed E-state index contributed by atoms with van der Waals surface area (Å²) in [5.74, 6) is 1.79. The summed E-state index contributed by atoms with van der Waals surface area (Å²) in [4.78, 5) is 0. The molecule has 2 aromatic carbocycles. The van der Waals surface area contributed by atoms with E-state index in [-0.39, 0.29) is 24.8 Å². The van der Waals surface area contributed by atoms with Crippen LogP contribution in [0.25, 0.3) is 0 Å². The molecular formula is C16H22Cl2N2O2. The average Bonchev–Trinajstić information content (AvgIpc) is 2.46. The van der Waals surface area contributed by atoms with Crippen LogP contribution in [-0.2, 0) is 0 Å². The Morgan fingerprint density at radius 1 is 0.591 bits per heavy atom. The lowest BCUT2D eigenvalue weighted by molar-refractivity contribution is -0.255. The summed E-state index contributed by atoms with van der Waals surface area (Å²) in [5.41, 5.74) is 9.68. The Kier molecular flexibility index (Phi) is 10.4. The highest BCUT2D eigenvalue weighted by atomic mass is 35.5. The van der Waals surface area contributed by atoms with E-state index >= 15 is 0 Å². The molecule has 0 aromatic heterocycles. The van der Waals surface area contributed by atoms with Crippen molar-refractivity contribution in [2.45, 2.75) is 12.8 Å². The van der Waals surface area contributed by atoms with Gasteiger partial charge in [-0.05, 0) is 37.1 Å². The molecule has 122 valence electrons. The number of quaternary nitrogens is 2. The minimum Gasteiger partial charge on any atom is -1.00 e. The van der Waals surface area contributed by atoms with Gasteiger partial charge in [0.05, 0.1) is 13.2 Å². The molecule has 0 aliphatic rings. The minimum atomic E-state index is 0. The van der Waals surface area contributed by atoms with Crippen LogP contribution in [0.4, 0.5) is 11.4 Å². The number of hydrogen-bond acceptors (Lipinski definition) is 2. The van der Waals surface area contributed by atoms with Crippen molar-refractivity contribution in [3.8, 4) is 11.5 Å². The van der Waals surface area contributed by atoms with Crippen molar-refractivity contribution < 1.29 is 45.8 Å². The van der Waals surface area contributed by atoms with Gasteiger partial charge in [0.1, 0.15) is 22.9 Å². The predicted molar refractivity (Wildman–Crippen MR) is 78.2 cm³/mol. The molecule has 2 aromatic rings. The van der Waals surface area contributed by atoms with Crippen molar-refractivity contribution in [1.82, 2.24) is 0 Å². The van der Waals surface area contributed by atoms with Gasteiger partial charge in [0.2, 0.25) is 0 Å². The molecule has 0 amide bonds. The van der Waals surface area contributed by atoms with Gasteiger partial charge < -0.3 is 45.8 Å². The van der Waals surface area contributed by atoms with Crippen LogP contribution in [0, 0.1) is 0 Å². The molecule has 0 aliphatic heterocycles. The van der Waals surface area contributed by atoms with E-state index in [1.165, 1.54) is 0 Å². The topological polar surface area (TPSA) is 73.7 Å². The van der Waals surface area contributed by atoms with E-state index < -0.39 is 0 Å². The van der Waals surface area contributed by atoms with E-state index in [1.54, 1.807) is 0 Å². The van der Waals surface area contributed by atoms with Gasteiger partial charge in [-0.3, -0.25) is 0 Å². The van der Waals surface area contributed by atoms with Crippen molar-refractivity contribution in [3.63, 3.8) is 0 Å². The first-order chi connectivity index (χ1) is 9.74. The molecule has 0 saturated heterocycles. The summed E-state index contributed by atoms with van der Waals surface area (Å²) in [6.07, 6.45) is 1.94. The van der Waals surface area contributed by atoms with Crippen molar-refractivity contribution >= 4 is 11.4 Å². The third-order valence-corrected chi connectivity index (χ3v) is 2.92. The lowest BCUT2D eigenvalue weighted by Crippen LogP contribution is -3.00. The molecule has 6 heteroatoms. The third-order valence-electron chi connectivity index (χ3n) is 2.92. The van der Waals surface area contributed by atoms with Gasteiger partial charge in [-0.25, -0.2) is 0 Å². The number of unbranched alkanes of at least 4 members (excludes halogenated alkanes) is 1. The normalized spacial score (nSPS) is 9.36. The molecule has 0 fully saturated rings. The molecule has 0 spiro atoms. The Bertz CT molecular complexity index is 469. The Morgan fingerprint density at radius 3 is 1.23 bits per heavy atom. The van der Waals surface area contributed by atoms with E-state index in [1.807, 2.05) is 48.5 Å². The van der Waals surface area contributed by atoms with E-state index in [2.05, 4.69) is 11.5 Å². The Morgan fingerprint density at radius 2 is 0.909 bits per heavy atom. The van der Waals surface area contributed by atoms with Crippen LogP contribution >= 0.6 is 0 Å². The smallest absolute Gasteiger partial charge is 0.128 e. The fourth-order valence-corrected chi connectivity index (χ4v) is 1.76. The molecular weight excluding hydrogens is 323 g/mol. The third kappa shape index (κ3) is 7.52. The standard InChI is InChI=1S/C16H20N2O2.2ClH/c17-13-3-7-15(8-4-13)19-11-1-2-12-20-16-9-5-14(18)6-10-16;;/h3-10H,1-2,11-12,17-18H2;2*1H. The van der Waals surface area contributed by atoms with Gasteiger partial charge in [-0.1, -0.05) is 0 Å². The first kappa shape index (κ1) is 20.5. The highest BCUT2D eigenvalue weighted by Gasteiger charge is 1.97. The number of hydrogen-bond donors (Lipinski definition) is 2. The quantitative estimate of drug-likeness (QED) is 0.498. The molecule has 6 N–H and O–H groups in total. The fraction of sp³-hybridized carbons (Fsp3) is 0.250. The summed E-state index contributed by atoms with van der Waals surface area (Å²) >= 11 is 0. The van der Waals surface area contributed by atoms with Crippen LogP contribution in [0.2, 0.25) is 0 Å². The minimum absolute atomic E-state index is 0. The molecule has 22 heavy (non-hydrogen) atoms. The fourth-order valence-electron chi connectivity index (χ4n) is 1.76. The van der Waals surface area contributed by atoms with Crippen molar-refractivity contribution in [3.05, 3.63) is 48.5 Å². The van der Waals surface area contributed by atoms with Crippen LogP contribution in [0.3, 0.4) is 0 Å². The summed E-state index contributed by atoms with van der Waals surface area (Å²) in [6.45, 7) is 1.41. The lowest BCUT2D eigenvalue weighted by Gasteiger charge is -2.07. The summed E-state index contributed by atoms with van der Waals surface area (Å²) in [6, 6.07) is 15.6. The number of rotatable bonds is 7. The second-order valence-corrected chi connectivity index (χ2v) is 4.69. The van der Waals surface area contributed by atoms with Gasteiger partial charge in [-0.2, -0.15) is 0 Å². The highest BCUT2D eigenvalue weighted by molar-refractivity contribution is 5.35. The Labute approximate surface area is 143 Å². The zero-order valence-electron chi connectivity index (χ0n) is 12.4. The second-order valence-electron chi connectivity index (χ2n) is 4.69. The molecule has 0 radical (unpaired) electrons. The van der Waals surface area contributed by atoms with E-state index in [0.717, 1.165) is 35.7 Å². The van der Waals surface area contributed by atoms with Gasteiger partial charge >= 0.3 is 0 Å². The maximum atomic E-state index is 5.64. The average molecular weight is 345 g/mol. The van der Waals surface area contributed by atoms with Gasteiger partial charge in [0.25, 0.3) is 0 Å². The first-order valence-corrected chi connectivity index (χ1v) is 6.84. The van der Waals surface area contributed by atoms with Crippen LogP contribution in [0.5, 0.6) is 11.5 Å². The zero-order chi connectivity index (χ0) is 14.2. The highest BCUT2D eigenvalue weighted by Crippen LogP contribution is 2.14. The van der Waals surface area contributed by atoms with Gasteiger partial charge in [0.15, 0.2) is 0 Å². The molecule has 0 saturated carbocycles. The van der Waals surface area contributed by atoms with E-state index in [9.17, 15) is 0 Å². The molecule has 4 nitrogen and oxygen atoms in total. The second kappa shape index (κ2) is 11.2. The molecule has 0 unspecified atom stereocenters. The van der Waals surface area contributed by atoms with Crippen LogP contribution in [0.15, 0.2) is 48.5 Å². The van der Waals surface area contributed by atoms with Crippen LogP contribution < -0.4 is 45.8 Å². The number of ether oxygens (including phenoxy) is 2. The van der Waals surface area contributed by atoms with Gasteiger partial charge in [-0.15, -0.1) is 0 Å². The van der Waals surface area contributed by atoms with Crippen LogP contribution in [-0.4, -0.2) is 13.2 Å². The largest absolute Gasteiger partial charge is 1.00 e. The molecule has 2 rings (SSSR count). The summed E-state index contributed by atoms with van der Waals surface area (Å²) in [5, 5.41) is 0. The maximum Gasteiger partial charge on any atom is 0.128 e. The predicted octanol–water partition coefficient (Wildman–Crippen LogP) is -4.32. The SMILES string of the molecule is [Cl-].[Cl-].[NH3+]c1ccc(OCCCCOc2ccc([NH3+])cc2)cc1. The van der Waals surface area contributed by atoms with Crippen LogP contribution in [0.1, 0.15) is 12.8 Å².